The molecular formula is C13H13NO3. The molecule has 0 atom stereocenters. The number of carbonyl (C=O) groups is 2. The number of hydrogen-bond acceptors (Lipinski definition) is 3. The Bertz CT molecular complexity index is 491. The maximum absolute atomic E-state index is 12.1. The Hall–Kier alpha value is -2.10. The molecule has 2 rings (SSSR count). The van der Waals surface area contributed by atoms with Gasteiger partial charge in [-0.05, 0) is 24.6 Å². The van der Waals surface area contributed by atoms with Crippen molar-refractivity contribution in [1.29, 1.82) is 0 Å². The third-order valence-corrected chi connectivity index (χ3v) is 2.74. The number of amides is 1. The van der Waals surface area contributed by atoms with E-state index in [1.54, 1.807) is 11.8 Å². The Morgan fingerprint density at radius 2 is 1.94 bits per heavy atom. The van der Waals surface area contributed by atoms with Crippen LogP contribution in [0.4, 0.5) is 5.69 Å². The summed E-state index contributed by atoms with van der Waals surface area (Å²) in [5, 5.41) is 0. The van der Waals surface area contributed by atoms with Crippen LogP contribution in [0.5, 0.6) is 0 Å². The number of anilines is 1. The first-order chi connectivity index (χ1) is 8.15. The van der Waals surface area contributed by atoms with Gasteiger partial charge in [-0.25, -0.2) is 4.79 Å². The van der Waals surface area contributed by atoms with Crippen molar-refractivity contribution in [2.45, 2.75) is 6.92 Å². The first-order valence-corrected chi connectivity index (χ1v) is 5.30. The monoisotopic (exact) mass is 231 g/mol. The van der Waals surface area contributed by atoms with Gasteiger partial charge < -0.3 is 9.64 Å². The molecule has 4 heteroatoms. The van der Waals surface area contributed by atoms with Crippen molar-refractivity contribution in [3.63, 3.8) is 0 Å². The molecule has 0 fully saturated rings. The van der Waals surface area contributed by atoms with E-state index in [0.29, 0.717) is 6.54 Å². The molecule has 1 aromatic rings. The summed E-state index contributed by atoms with van der Waals surface area (Å²) in [5.74, 6) is -0.855. The highest BCUT2D eigenvalue weighted by Crippen LogP contribution is 2.25. The SMILES string of the molecule is COC(=O)C1=C(C)CN(c2ccccc2)C1=O. The minimum Gasteiger partial charge on any atom is -0.465 e. The van der Waals surface area contributed by atoms with Crippen LogP contribution in [0.3, 0.4) is 0 Å². The number of rotatable bonds is 2. The van der Waals surface area contributed by atoms with Gasteiger partial charge in [0, 0.05) is 12.2 Å². The van der Waals surface area contributed by atoms with Crippen LogP contribution in [0.25, 0.3) is 0 Å². The van der Waals surface area contributed by atoms with E-state index in [1.165, 1.54) is 7.11 Å². The third-order valence-electron chi connectivity index (χ3n) is 2.74. The molecule has 0 saturated carbocycles. The molecule has 1 heterocycles. The maximum Gasteiger partial charge on any atom is 0.343 e. The second kappa shape index (κ2) is 4.41. The summed E-state index contributed by atoms with van der Waals surface area (Å²) in [6.45, 7) is 2.21. The first kappa shape index (κ1) is 11.4. The number of benzene rings is 1. The average molecular weight is 231 g/mol. The summed E-state index contributed by atoms with van der Waals surface area (Å²) in [6, 6.07) is 9.27. The summed E-state index contributed by atoms with van der Waals surface area (Å²) < 4.78 is 4.61. The number of carbonyl (C=O) groups excluding carboxylic acids is 2. The molecule has 0 spiro atoms. The second-order valence-electron chi connectivity index (χ2n) is 3.87. The highest BCUT2D eigenvalue weighted by Gasteiger charge is 2.34. The molecule has 4 nitrogen and oxygen atoms in total. The lowest BCUT2D eigenvalue weighted by Gasteiger charge is -2.16. The molecule has 0 unspecified atom stereocenters. The zero-order valence-electron chi connectivity index (χ0n) is 9.77. The summed E-state index contributed by atoms with van der Waals surface area (Å²) in [4.78, 5) is 25.1. The van der Waals surface area contributed by atoms with Gasteiger partial charge in [-0.3, -0.25) is 4.79 Å². The molecule has 0 bridgehead atoms. The predicted octanol–water partition coefficient (Wildman–Crippen LogP) is 1.52. The standard InChI is InChI=1S/C13H13NO3/c1-9-8-14(10-6-4-3-5-7-10)12(15)11(9)13(16)17-2/h3-7H,8H2,1-2H3. The van der Waals surface area contributed by atoms with Gasteiger partial charge in [0.15, 0.2) is 0 Å². The van der Waals surface area contributed by atoms with Gasteiger partial charge in [0.2, 0.25) is 0 Å². The van der Waals surface area contributed by atoms with Gasteiger partial charge in [0.05, 0.1) is 7.11 Å². The van der Waals surface area contributed by atoms with Crippen molar-refractivity contribution in [2.24, 2.45) is 0 Å². The van der Waals surface area contributed by atoms with E-state index in [1.807, 2.05) is 30.3 Å². The van der Waals surface area contributed by atoms with Gasteiger partial charge in [-0.1, -0.05) is 18.2 Å². The molecule has 0 aliphatic carbocycles. The number of para-hydroxylation sites is 1. The van der Waals surface area contributed by atoms with Crippen LogP contribution in [0, 0.1) is 0 Å². The number of hydrogen-bond donors (Lipinski definition) is 0. The minimum atomic E-state index is -0.564. The molecule has 1 amide bonds. The predicted molar refractivity (Wildman–Crippen MR) is 63.5 cm³/mol. The van der Waals surface area contributed by atoms with E-state index in [-0.39, 0.29) is 11.5 Å². The molecule has 0 aromatic heterocycles. The van der Waals surface area contributed by atoms with E-state index >= 15 is 0 Å². The Labute approximate surface area is 99.5 Å². The fourth-order valence-corrected chi connectivity index (χ4v) is 1.89. The minimum absolute atomic E-state index is 0.149. The number of nitrogens with zero attached hydrogens (tertiary/aromatic N) is 1. The van der Waals surface area contributed by atoms with Crippen molar-refractivity contribution in [3.05, 3.63) is 41.5 Å². The quantitative estimate of drug-likeness (QED) is 0.572. The zero-order chi connectivity index (χ0) is 12.4. The van der Waals surface area contributed by atoms with E-state index in [4.69, 9.17) is 0 Å². The molecule has 0 radical (unpaired) electrons. The summed E-state index contributed by atoms with van der Waals surface area (Å²) in [5.41, 5.74) is 1.68. The van der Waals surface area contributed by atoms with E-state index in [2.05, 4.69) is 4.74 Å². The van der Waals surface area contributed by atoms with Crippen molar-refractivity contribution in [1.82, 2.24) is 0 Å². The van der Waals surface area contributed by atoms with Crippen LogP contribution < -0.4 is 4.90 Å². The van der Waals surface area contributed by atoms with Crippen molar-refractivity contribution >= 4 is 17.6 Å². The molecule has 88 valence electrons. The molecule has 1 aromatic carbocycles. The number of methoxy groups -OCH3 is 1. The topological polar surface area (TPSA) is 46.6 Å². The second-order valence-corrected chi connectivity index (χ2v) is 3.87. The Morgan fingerprint density at radius 1 is 1.29 bits per heavy atom. The Morgan fingerprint density at radius 3 is 2.53 bits per heavy atom. The summed E-state index contributed by atoms with van der Waals surface area (Å²) in [6.07, 6.45) is 0. The fourth-order valence-electron chi connectivity index (χ4n) is 1.89. The highest BCUT2D eigenvalue weighted by molar-refractivity contribution is 6.24. The maximum atomic E-state index is 12.1. The van der Waals surface area contributed by atoms with Gasteiger partial charge in [0.1, 0.15) is 5.57 Å². The fraction of sp³-hybridized carbons (Fsp3) is 0.231. The lowest BCUT2D eigenvalue weighted by molar-refractivity contribution is -0.137. The van der Waals surface area contributed by atoms with Crippen molar-refractivity contribution in [2.75, 3.05) is 18.6 Å². The van der Waals surface area contributed by atoms with Crippen molar-refractivity contribution < 1.29 is 14.3 Å². The van der Waals surface area contributed by atoms with Crippen LogP contribution in [0.1, 0.15) is 6.92 Å². The lowest BCUT2D eigenvalue weighted by atomic mass is 10.2. The van der Waals surface area contributed by atoms with Gasteiger partial charge in [-0.2, -0.15) is 0 Å². The molecule has 17 heavy (non-hydrogen) atoms. The first-order valence-electron chi connectivity index (χ1n) is 5.30. The molecule has 1 aliphatic heterocycles. The van der Waals surface area contributed by atoms with E-state index in [9.17, 15) is 9.59 Å². The normalized spacial score (nSPS) is 15.4. The lowest BCUT2D eigenvalue weighted by Crippen LogP contribution is -2.28. The van der Waals surface area contributed by atoms with Gasteiger partial charge in [0.25, 0.3) is 5.91 Å². The van der Waals surface area contributed by atoms with Crippen LogP contribution >= 0.6 is 0 Å². The molecule has 1 aliphatic rings. The van der Waals surface area contributed by atoms with E-state index in [0.717, 1.165) is 11.3 Å². The largest absolute Gasteiger partial charge is 0.465 e. The average Bonchev–Trinajstić information content (AvgIpc) is 2.65. The molecule has 0 saturated heterocycles. The van der Waals surface area contributed by atoms with Gasteiger partial charge in [-0.15, -0.1) is 0 Å². The smallest absolute Gasteiger partial charge is 0.343 e. The number of esters is 1. The summed E-state index contributed by atoms with van der Waals surface area (Å²) >= 11 is 0. The molecular weight excluding hydrogens is 218 g/mol. The van der Waals surface area contributed by atoms with Crippen LogP contribution in [-0.4, -0.2) is 25.5 Å². The van der Waals surface area contributed by atoms with Crippen molar-refractivity contribution in [3.8, 4) is 0 Å². The van der Waals surface area contributed by atoms with E-state index < -0.39 is 5.97 Å². The van der Waals surface area contributed by atoms with Crippen LogP contribution in [-0.2, 0) is 14.3 Å². The van der Waals surface area contributed by atoms with Gasteiger partial charge >= 0.3 is 5.97 Å². The highest BCUT2D eigenvalue weighted by atomic mass is 16.5. The van der Waals surface area contributed by atoms with Crippen LogP contribution in [0.2, 0.25) is 0 Å². The zero-order valence-corrected chi connectivity index (χ0v) is 9.77. The molecule has 0 N–H and O–H groups in total. The Balaban J connectivity index is 2.30. The third kappa shape index (κ3) is 1.93. The van der Waals surface area contributed by atoms with Crippen LogP contribution in [0.15, 0.2) is 41.5 Å². The number of ether oxygens (including phenoxy) is 1. The Kier molecular flexibility index (Phi) is 2.95. The summed E-state index contributed by atoms with van der Waals surface area (Å²) in [7, 11) is 1.28.